The average molecular weight is 324 g/mol. The van der Waals surface area contributed by atoms with Crippen molar-refractivity contribution < 1.29 is 0 Å². The lowest BCUT2D eigenvalue weighted by atomic mass is 10.2. The van der Waals surface area contributed by atoms with Crippen molar-refractivity contribution in [3.05, 3.63) is 45.5 Å². The maximum atomic E-state index is 8.85. The molecular formula is C12H8BrClN4. The highest BCUT2D eigenvalue weighted by Gasteiger charge is 2.06. The molecule has 0 saturated heterocycles. The minimum Gasteiger partial charge on any atom is -0.397 e. The first kappa shape index (κ1) is 12.7. The number of nitrogens with two attached hydrogens (primary N) is 1. The maximum Gasteiger partial charge on any atom is 0.144 e. The van der Waals surface area contributed by atoms with Crippen LogP contribution in [0, 0.1) is 11.3 Å². The van der Waals surface area contributed by atoms with Gasteiger partial charge in [-0.1, -0.05) is 11.6 Å². The fraction of sp³-hybridized carbons (Fsp3) is 0. The molecule has 3 N–H and O–H groups in total. The Balaban J connectivity index is 2.37. The predicted octanol–water partition coefficient (Wildman–Crippen LogP) is 3.69. The zero-order valence-corrected chi connectivity index (χ0v) is 11.5. The first-order valence-electron chi connectivity index (χ1n) is 4.98. The van der Waals surface area contributed by atoms with Crippen LogP contribution in [0.5, 0.6) is 0 Å². The molecule has 0 spiro atoms. The summed E-state index contributed by atoms with van der Waals surface area (Å²) in [5, 5.41) is 12.4. The third kappa shape index (κ3) is 2.73. The molecule has 18 heavy (non-hydrogen) atoms. The van der Waals surface area contributed by atoms with Crippen molar-refractivity contribution in [2.45, 2.75) is 0 Å². The van der Waals surface area contributed by atoms with Gasteiger partial charge in [0, 0.05) is 0 Å². The number of halogens is 2. The molecule has 4 nitrogen and oxygen atoms in total. The standard InChI is InChI=1S/C12H8BrClN4/c13-9-4-8(16)6-17-12(9)18-11-3-7(5-15)1-2-10(11)14/h1-4,6H,16H2,(H,17,18). The number of nitrogen functional groups attached to an aromatic ring is 1. The van der Waals surface area contributed by atoms with Crippen LogP contribution in [-0.2, 0) is 0 Å². The van der Waals surface area contributed by atoms with Gasteiger partial charge in [0.25, 0.3) is 0 Å². The van der Waals surface area contributed by atoms with E-state index in [0.717, 1.165) is 4.47 Å². The highest BCUT2D eigenvalue weighted by atomic mass is 79.9. The van der Waals surface area contributed by atoms with E-state index in [1.165, 1.54) is 6.20 Å². The van der Waals surface area contributed by atoms with Gasteiger partial charge in [-0.05, 0) is 40.2 Å². The summed E-state index contributed by atoms with van der Waals surface area (Å²) in [5.74, 6) is 0.584. The molecular weight excluding hydrogens is 316 g/mol. The van der Waals surface area contributed by atoms with E-state index in [0.29, 0.717) is 27.8 Å². The summed E-state index contributed by atoms with van der Waals surface area (Å²) in [6.07, 6.45) is 1.54. The molecule has 6 heteroatoms. The Morgan fingerprint density at radius 1 is 1.39 bits per heavy atom. The molecule has 0 unspecified atom stereocenters. The third-order valence-electron chi connectivity index (χ3n) is 2.21. The number of hydrogen-bond acceptors (Lipinski definition) is 4. The molecule has 90 valence electrons. The molecule has 0 aliphatic rings. The summed E-state index contributed by atoms with van der Waals surface area (Å²) in [5.41, 5.74) is 7.31. The van der Waals surface area contributed by atoms with Crippen LogP contribution < -0.4 is 11.1 Å². The van der Waals surface area contributed by atoms with E-state index in [-0.39, 0.29) is 0 Å². The average Bonchev–Trinajstić information content (AvgIpc) is 2.35. The minimum absolute atomic E-state index is 0.513. The Hall–Kier alpha value is -1.77. The van der Waals surface area contributed by atoms with Crippen LogP contribution >= 0.6 is 27.5 Å². The molecule has 0 bridgehead atoms. The van der Waals surface area contributed by atoms with Crippen molar-refractivity contribution in [2.24, 2.45) is 0 Å². The van der Waals surface area contributed by atoms with Gasteiger partial charge in [-0.25, -0.2) is 4.98 Å². The Kier molecular flexibility index (Phi) is 3.70. The van der Waals surface area contributed by atoms with Crippen LogP contribution in [0.25, 0.3) is 0 Å². The van der Waals surface area contributed by atoms with E-state index < -0.39 is 0 Å². The van der Waals surface area contributed by atoms with Crippen molar-refractivity contribution in [1.29, 1.82) is 5.26 Å². The molecule has 0 aliphatic heterocycles. The predicted molar refractivity (Wildman–Crippen MR) is 75.8 cm³/mol. The molecule has 1 heterocycles. The SMILES string of the molecule is N#Cc1ccc(Cl)c(Nc2ncc(N)cc2Br)c1. The van der Waals surface area contributed by atoms with Crippen molar-refractivity contribution in [1.82, 2.24) is 4.98 Å². The Morgan fingerprint density at radius 2 is 2.17 bits per heavy atom. The number of nitriles is 1. The van der Waals surface area contributed by atoms with Gasteiger partial charge in [-0.15, -0.1) is 0 Å². The lowest BCUT2D eigenvalue weighted by Crippen LogP contribution is -1.97. The fourth-order valence-electron chi connectivity index (χ4n) is 1.36. The number of nitrogens with one attached hydrogen (secondary N) is 1. The first-order chi connectivity index (χ1) is 8.60. The molecule has 0 aliphatic carbocycles. The van der Waals surface area contributed by atoms with E-state index in [1.54, 1.807) is 24.3 Å². The van der Waals surface area contributed by atoms with E-state index in [4.69, 9.17) is 22.6 Å². The zero-order chi connectivity index (χ0) is 13.1. The van der Waals surface area contributed by atoms with Gasteiger partial charge in [-0.3, -0.25) is 0 Å². The molecule has 0 saturated carbocycles. The second-order valence-corrected chi connectivity index (χ2v) is 4.79. The molecule has 0 amide bonds. The molecule has 1 aromatic carbocycles. The Morgan fingerprint density at radius 3 is 2.83 bits per heavy atom. The highest BCUT2D eigenvalue weighted by Crippen LogP contribution is 2.29. The minimum atomic E-state index is 0.513. The van der Waals surface area contributed by atoms with Crippen LogP contribution in [0.3, 0.4) is 0 Å². The number of anilines is 3. The van der Waals surface area contributed by atoms with Crippen LogP contribution in [0.15, 0.2) is 34.9 Å². The summed E-state index contributed by atoms with van der Waals surface area (Å²) in [6.45, 7) is 0. The molecule has 1 aromatic heterocycles. The highest BCUT2D eigenvalue weighted by molar-refractivity contribution is 9.10. The number of pyridine rings is 1. The van der Waals surface area contributed by atoms with Gasteiger partial charge >= 0.3 is 0 Å². The van der Waals surface area contributed by atoms with Crippen LogP contribution in [-0.4, -0.2) is 4.98 Å². The largest absolute Gasteiger partial charge is 0.397 e. The van der Waals surface area contributed by atoms with Crippen molar-refractivity contribution in [3.63, 3.8) is 0 Å². The quantitative estimate of drug-likeness (QED) is 0.883. The van der Waals surface area contributed by atoms with Crippen LogP contribution in [0.4, 0.5) is 17.2 Å². The summed E-state index contributed by atoms with van der Waals surface area (Å²) in [4.78, 5) is 4.15. The number of nitrogens with zero attached hydrogens (tertiary/aromatic N) is 2. The van der Waals surface area contributed by atoms with E-state index >= 15 is 0 Å². The second kappa shape index (κ2) is 5.25. The normalized spacial score (nSPS) is 9.83. The number of hydrogen-bond donors (Lipinski definition) is 2. The monoisotopic (exact) mass is 322 g/mol. The summed E-state index contributed by atoms with van der Waals surface area (Å²) in [6, 6.07) is 8.76. The molecule has 2 aromatic rings. The van der Waals surface area contributed by atoms with Gasteiger partial charge < -0.3 is 11.1 Å². The first-order valence-corrected chi connectivity index (χ1v) is 6.15. The van der Waals surface area contributed by atoms with Crippen LogP contribution in [0.1, 0.15) is 5.56 Å². The van der Waals surface area contributed by atoms with Gasteiger partial charge in [0.2, 0.25) is 0 Å². The number of rotatable bonds is 2. The van der Waals surface area contributed by atoms with Gasteiger partial charge in [0.15, 0.2) is 0 Å². The smallest absolute Gasteiger partial charge is 0.144 e. The van der Waals surface area contributed by atoms with E-state index in [1.807, 2.05) is 0 Å². The zero-order valence-electron chi connectivity index (χ0n) is 9.11. The van der Waals surface area contributed by atoms with Crippen molar-refractivity contribution in [2.75, 3.05) is 11.1 Å². The lowest BCUT2D eigenvalue weighted by molar-refractivity contribution is 1.29. The third-order valence-corrected chi connectivity index (χ3v) is 3.14. The number of aromatic nitrogens is 1. The molecule has 0 radical (unpaired) electrons. The fourth-order valence-corrected chi connectivity index (χ4v) is 1.99. The summed E-state index contributed by atoms with van der Waals surface area (Å²) < 4.78 is 0.723. The van der Waals surface area contributed by atoms with Gasteiger partial charge in [-0.2, -0.15) is 5.26 Å². The van der Waals surface area contributed by atoms with Gasteiger partial charge in [0.1, 0.15) is 5.82 Å². The van der Waals surface area contributed by atoms with E-state index in [9.17, 15) is 0 Å². The van der Waals surface area contributed by atoms with Gasteiger partial charge in [0.05, 0.1) is 38.7 Å². The van der Waals surface area contributed by atoms with Crippen molar-refractivity contribution >= 4 is 44.7 Å². The summed E-state index contributed by atoms with van der Waals surface area (Å²) >= 11 is 9.40. The maximum absolute atomic E-state index is 8.85. The molecule has 2 rings (SSSR count). The Labute approximate surface area is 118 Å². The lowest BCUT2D eigenvalue weighted by Gasteiger charge is -2.09. The summed E-state index contributed by atoms with van der Waals surface area (Å²) in [7, 11) is 0. The molecule has 0 atom stereocenters. The Bertz CT molecular complexity index is 636. The van der Waals surface area contributed by atoms with Crippen molar-refractivity contribution in [3.8, 4) is 6.07 Å². The van der Waals surface area contributed by atoms with Crippen LogP contribution in [0.2, 0.25) is 5.02 Å². The van der Waals surface area contributed by atoms with E-state index in [2.05, 4.69) is 32.3 Å². The number of benzene rings is 1. The molecule has 0 fully saturated rings. The second-order valence-electron chi connectivity index (χ2n) is 3.53. The topological polar surface area (TPSA) is 74.7 Å².